The van der Waals surface area contributed by atoms with Gasteiger partial charge >= 0.3 is 0 Å². The molecule has 3 rings (SSSR count). The zero-order valence-corrected chi connectivity index (χ0v) is 18.4. The number of hydrogen-bond acceptors (Lipinski definition) is 4. The highest BCUT2D eigenvalue weighted by molar-refractivity contribution is 14.0. The Hall–Kier alpha value is -1.09. The molecule has 1 aliphatic heterocycles. The zero-order valence-electron chi connectivity index (χ0n) is 16.1. The van der Waals surface area contributed by atoms with Gasteiger partial charge in [0.1, 0.15) is 5.82 Å². The number of guanidine groups is 1. The highest BCUT2D eigenvalue weighted by atomic mass is 127. The highest BCUT2D eigenvalue weighted by Crippen LogP contribution is 2.27. The molecule has 2 heterocycles. The summed E-state index contributed by atoms with van der Waals surface area (Å²) in [5, 5.41) is 6.78. The molecule has 1 aromatic rings. The van der Waals surface area contributed by atoms with Gasteiger partial charge in [-0.3, -0.25) is 0 Å². The van der Waals surface area contributed by atoms with Crippen LogP contribution in [0.2, 0.25) is 0 Å². The van der Waals surface area contributed by atoms with Gasteiger partial charge in [0.25, 0.3) is 0 Å². The molecule has 0 spiro atoms. The molecule has 1 saturated heterocycles. The van der Waals surface area contributed by atoms with Crippen molar-refractivity contribution < 1.29 is 0 Å². The van der Waals surface area contributed by atoms with E-state index in [9.17, 15) is 0 Å². The monoisotopic (exact) mass is 472 g/mol. The fourth-order valence-corrected chi connectivity index (χ4v) is 3.10. The van der Waals surface area contributed by atoms with E-state index in [2.05, 4.69) is 51.4 Å². The van der Waals surface area contributed by atoms with Gasteiger partial charge < -0.3 is 20.4 Å². The largest absolute Gasteiger partial charge is 0.357 e. The molecule has 6 nitrogen and oxygen atoms in total. The summed E-state index contributed by atoms with van der Waals surface area (Å²) in [5.74, 6) is 2.85. The number of anilines is 1. The third kappa shape index (κ3) is 6.57. The maximum absolute atomic E-state index is 4.73. The molecule has 0 aromatic carbocycles. The molecular weight excluding hydrogens is 439 g/mol. The van der Waals surface area contributed by atoms with Crippen LogP contribution < -0.4 is 15.5 Å². The molecule has 2 aliphatic rings. The normalized spacial score (nSPS) is 18.4. The topological polar surface area (TPSA) is 55.8 Å². The van der Waals surface area contributed by atoms with Crippen molar-refractivity contribution in [1.82, 2.24) is 20.5 Å². The lowest BCUT2D eigenvalue weighted by atomic mass is 10.2. The van der Waals surface area contributed by atoms with Gasteiger partial charge in [0.05, 0.1) is 6.54 Å². The number of halogens is 1. The Morgan fingerprint density at radius 2 is 1.96 bits per heavy atom. The van der Waals surface area contributed by atoms with Crippen molar-refractivity contribution in [3.63, 3.8) is 0 Å². The van der Waals surface area contributed by atoms with Crippen molar-refractivity contribution >= 4 is 35.8 Å². The molecule has 146 valence electrons. The van der Waals surface area contributed by atoms with Gasteiger partial charge in [-0.2, -0.15) is 0 Å². The number of aliphatic imine (C=N–C) groups is 1. The summed E-state index contributed by atoms with van der Waals surface area (Å²) in [7, 11) is 0. The average Bonchev–Trinajstić information content (AvgIpc) is 3.49. The Morgan fingerprint density at radius 3 is 2.62 bits per heavy atom. The number of piperazine rings is 1. The molecule has 0 radical (unpaired) electrons. The number of aromatic nitrogens is 1. The summed E-state index contributed by atoms with van der Waals surface area (Å²) in [6, 6.07) is 4.26. The van der Waals surface area contributed by atoms with E-state index in [4.69, 9.17) is 4.99 Å². The lowest BCUT2D eigenvalue weighted by Gasteiger charge is -2.34. The molecule has 0 amide bonds. The SMILES string of the molecule is CCNC(=NCc1ccnc(N2CCN(CC)CC2)c1)NCC1CC1.I. The van der Waals surface area contributed by atoms with Crippen LogP contribution in [0.4, 0.5) is 5.82 Å². The summed E-state index contributed by atoms with van der Waals surface area (Å²) >= 11 is 0. The first kappa shape index (κ1) is 21.2. The minimum atomic E-state index is 0. The van der Waals surface area contributed by atoms with E-state index < -0.39 is 0 Å². The number of likely N-dealkylation sites (N-methyl/N-ethyl adjacent to an activating group) is 1. The van der Waals surface area contributed by atoms with E-state index >= 15 is 0 Å². The highest BCUT2D eigenvalue weighted by Gasteiger charge is 2.21. The summed E-state index contributed by atoms with van der Waals surface area (Å²) in [6.07, 6.45) is 4.62. The van der Waals surface area contributed by atoms with Crippen molar-refractivity contribution in [2.24, 2.45) is 10.9 Å². The zero-order chi connectivity index (χ0) is 17.5. The van der Waals surface area contributed by atoms with Crippen LogP contribution in [-0.4, -0.2) is 61.7 Å². The summed E-state index contributed by atoms with van der Waals surface area (Å²) in [6.45, 7) is 12.4. The minimum Gasteiger partial charge on any atom is -0.357 e. The van der Waals surface area contributed by atoms with Crippen LogP contribution in [0.3, 0.4) is 0 Å². The summed E-state index contributed by atoms with van der Waals surface area (Å²) in [4.78, 5) is 14.2. The predicted molar refractivity (Wildman–Crippen MR) is 120 cm³/mol. The van der Waals surface area contributed by atoms with Gasteiger partial charge in [-0.25, -0.2) is 9.98 Å². The Balaban J connectivity index is 0.00000243. The standard InChI is InChI=1S/C19H32N6.HI/c1-3-20-19(22-14-16-5-6-16)23-15-17-7-8-21-18(13-17)25-11-9-24(4-2)10-12-25;/h7-8,13,16H,3-6,9-12,14-15H2,1-2H3,(H2,20,22,23);1H. The van der Waals surface area contributed by atoms with Gasteiger partial charge in [-0.15, -0.1) is 24.0 Å². The third-order valence-corrected chi connectivity index (χ3v) is 4.97. The lowest BCUT2D eigenvalue weighted by molar-refractivity contribution is 0.270. The second kappa shape index (κ2) is 10.9. The van der Waals surface area contributed by atoms with Crippen molar-refractivity contribution in [2.45, 2.75) is 33.2 Å². The second-order valence-electron chi connectivity index (χ2n) is 6.96. The van der Waals surface area contributed by atoms with Crippen LogP contribution in [-0.2, 0) is 6.54 Å². The van der Waals surface area contributed by atoms with Crippen molar-refractivity contribution in [3.8, 4) is 0 Å². The molecule has 0 atom stereocenters. The third-order valence-electron chi connectivity index (χ3n) is 4.97. The van der Waals surface area contributed by atoms with Crippen molar-refractivity contribution in [3.05, 3.63) is 23.9 Å². The van der Waals surface area contributed by atoms with E-state index in [1.807, 2.05) is 6.20 Å². The molecule has 7 heteroatoms. The van der Waals surface area contributed by atoms with Gasteiger partial charge in [-0.1, -0.05) is 6.92 Å². The maximum atomic E-state index is 4.73. The van der Waals surface area contributed by atoms with E-state index in [-0.39, 0.29) is 24.0 Å². The minimum absolute atomic E-state index is 0. The molecular formula is C19H33IN6. The Kier molecular flexibility index (Phi) is 8.90. The molecule has 0 unspecified atom stereocenters. The Morgan fingerprint density at radius 1 is 1.19 bits per heavy atom. The second-order valence-corrected chi connectivity index (χ2v) is 6.96. The smallest absolute Gasteiger partial charge is 0.191 e. The molecule has 26 heavy (non-hydrogen) atoms. The van der Waals surface area contributed by atoms with Gasteiger partial charge in [0.2, 0.25) is 0 Å². The van der Waals surface area contributed by atoms with E-state index in [0.717, 1.165) is 63.5 Å². The molecule has 2 N–H and O–H groups in total. The van der Waals surface area contributed by atoms with Gasteiger partial charge in [-0.05, 0) is 49.9 Å². The molecule has 2 fully saturated rings. The fraction of sp³-hybridized carbons (Fsp3) is 0.684. The number of pyridine rings is 1. The van der Waals surface area contributed by atoms with E-state index in [1.165, 1.54) is 18.4 Å². The average molecular weight is 472 g/mol. The number of rotatable bonds is 7. The van der Waals surface area contributed by atoms with Crippen LogP contribution >= 0.6 is 24.0 Å². The Labute approximate surface area is 174 Å². The molecule has 0 bridgehead atoms. The van der Waals surface area contributed by atoms with Gasteiger partial charge in [0.15, 0.2) is 5.96 Å². The van der Waals surface area contributed by atoms with Gasteiger partial charge in [0, 0.05) is 45.5 Å². The first-order chi connectivity index (χ1) is 12.3. The van der Waals surface area contributed by atoms with Crippen LogP contribution in [0.15, 0.2) is 23.3 Å². The number of nitrogens with zero attached hydrogens (tertiary/aromatic N) is 4. The number of nitrogens with one attached hydrogen (secondary N) is 2. The fourth-order valence-electron chi connectivity index (χ4n) is 3.10. The van der Waals surface area contributed by atoms with Crippen molar-refractivity contribution in [1.29, 1.82) is 0 Å². The van der Waals surface area contributed by atoms with Crippen molar-refractivity contribution in [2.75, 3.05) is 50.7 Å². The van der Waals surface area contributed by atoms with E-state index in [1.54, 1.807) is 0 Å². The number of hydrogen-bond donors (Lipinski definition) is 2. The molecule has 1 aliphatic carbocycles. The quantitative estimate of drug-likeness (QED) is 0.363. The summed E-state index contributed by atoms with van der Waals surface area (Å²) in [5.41, 5.74) is 1.21. The van der Waals surface area contributed by atoms with Crippen LogP contribution in [0.1, 0.15) is 32.3 Å². The van der Waals surface area contributed by atoms with E-state index in [0.29, 0.717) is 6.54 Å². The first-order valence-electron chi connectivity index (χ1n) is 9.73. The maximum Gasteiger partial charge on any atom is 0.191 e. The molecule has 1 aromatic heterocycles. The van der Waals surface area contributed by atoms with Crippen LogP contribution in [0.25, 0.3) is 0 Å². The first-order valence-corrected chi connectivity index (χ1v) is 9.73. The predicted octanol–water partition coefficient (Wildman–Crippen LogP) is 2.31. The molecule has 1 saturated carbocycles. The summed E-state index contributed by atoms with van der Waals surface area (Å²) < 4.78 is 0. The Bertz CT molecular complexity index is 567. The van der Waals surface area contributed by atoms with Crippen LogP contribution in [0, 0.1) is 5.92 Å². The lowest BCUT2D eigenvalue weighted by Crippen LogP contribution is -2.46. The van der Waals surface area contributed by atoms with Crippen LogP contribution in [0.5, 0.6) is 0 Å².